The fourth-order valence-corrected chi connectivity index (χ4v) is 2.98. The first-order valence-electron chi connectivity index (χ1n) is 6.12. The Labute approximate surface area is 102 Å². The minimum atomic E-state index is 0.513. The van der Waals surface area contributed by atoms with E-state index >= 15 is 0 Å². The first kappa shape index (κ1) is 12.0. The van der Waals surface area contributed by atoms with Crippen molar-refractivity contribution in [1.29, 1.82) is 0 Å². The van der Waals surface area contributed by atoms with Gasteiger partial charge in [-0.2, -0.15) is 0 Å². The Bertz CT molecular complexity index is 318. The average molecular weight is 239 g/mol. The van der Waals surface area contributed by atoms with Crippen LogP contribution in [0.15, 0.2) is 5.38 Å². The van der Waals surface area contributed by atoms with Gasteiger partial charge in [0.15, 0.2) is 0 Å². The van der Waals surface area contributed by atoms with E-state index in [0.29, 0.717) is 12.1 Å². The van der Waals surface area contributed by atoms with Gasteiger partial charge in [-0.05, 0) is 33.4 Å². The van der Waals surface area contributed by atoms with E-state index in [0.717, 1.165) is 12.8 Å². The van der Waals surface area contributed by atoms with Crippen molar-refractivity contribution in [1.82, 2.24) is 15.6 Å². The zero-order valence-electron chi connectivity index (χ0n) is 10.1. The number of aromatic nitrogens is 1. The number of nitrogens with zero attached hydrogens (tertiary/aromatic N) is 1. The molecule has 0 bridgehead atoms. The largest absolute Gasteiger partial charge is 0.317 e. The van der Waals surface area contributed by atoms with Crippen molar-refractivity contribution in [3.63, 3.8) is 0 Å². The van der Waals surface area contributed by atoms with Crippen molar-refractivity contribution in [3.05, 3.63) is 16.1 Å². The highest BCUT2D eigenvalue weighted by Crippen LogP contribution is 2.16. The summed E-state index contributed by atoms with van der Waals surface area (Å²) in [5, 5.41) is 10.3. The maximum absolute atomic E-state index is 4.70. The lowest BCUT2D eigenvalue weighted by Crippen LogP contribution is -2.24. The van der Waals surface area contributed by atoms with Crippen molar-refractivity contribution >= 4 is 11.3 Å². The molecule has 1 aromatic rings. The van der Waals surface area contributed by atoms with Crippen molar-refractivity contribution in [2.75, 3.05) is 13.6 Å². The van der Waals surface area contributed by atoms with Gasteiger partial charge in [0.2, 0.25) is 0 Å². The molecule has 1 aromatic heterocycles. The van der Waals surface area contributed by atoms with Crippen LogP contribution in [-0.2, 0) is 12.8 Å². The first-order valence-corrected chi connectivity index (χ1v) is 7.00. The number of hydrogen-bond donors (Lipinski definition) is 2. The number of likely N-dealkylation sites (N-methyl/N-ethyl adjacent to an activating group) is 1. The summed E-state index contributed by atoms with van der Waals surface area (Å²) in [6.45, 7) is 3.37. The van der Waals surface area contributed by atoms with Gasteiger partial charge in [-0.3, -0.25) is 0 Å². The second kappa shape index (κ2) is 5.75. The Morgan fingerprint density at radius 3 is 3.25 bits per heavy atom. The fraction of sp³-hybridized carbons (Fsp3) is 0.750. The van der Waals surface area contributed by atoms with Crippen LogP contribution in [0.4, 0.5) is 0 Å². The van der Waals surface area contributed by atoms with Crippen LogP contribution in [0.2, 0.25) is 0 Å². The molecule has 1 saturated heterocycles. The third-order valence-corrected chi connectivity index (χ3v) is 4.11. The topological polar surface area (TPSA) is 37.0 Å². The number of nitrogens with one attached hydrogen (secondary N) is 2. The zero-order valence-corrected chi connectivity index (χ0v) is 10.9. The molecule has 0 radical (unpaired) electrons. The highest BCUT2D eigenvalue weighted by molar-refractivity contribution is 7.09. The SMILES string of the molecule is CNC(C)Cc1csc(CC2CCCN2)n1. The summed E-state index contributed by atoms with van der Waals surface area (Å²) >= 11 is 1.81. The lowest BCUT2D eigenvalue weighted by atomic mass is 10.1. The van der Waals surface area contributed by atoms with E-state index in [1.54, 1.807) is 0 Å². The molecule has 2 rings (SSSR count). The second-order valence-electron chi connectivity index (χ2n) is 4.62. The Hall–Kier alpha value is -0.450. The quantitative estimate of drug-likeness (QED) is 0.819. The van der Waals surface area contributed by atoms with Gasteiger partial charge >= 0.3 is 0 Å². The van der Waals surface area contributed by atoms with E-state index in [4.69, 9.17) is 4.98 Å². The molecule has 1 fully saturated rings. The van der Waals surface area contributed by atoms with E-state index in [1.807, 2.05) is 18.4 Å². The van der Waals surface area contributed by atoms with Gasteiger partial charge in [-0.25, -0.2) is 4.98 Å². The maximum Gasteiger partial charge on any atom is 0.0943 e. The molecule has 0 aliphatic carbocycles. The molecule has 16 heavy (non-hydrogen) atoms. The van der Waals surface area contributed by atoms with Gasteiger partial charge in [-0.15, -0.1) is 11.3 Å². The molecule has 0 saturated carbocycles. The summed E-state index contributed by atoms with van der Waals surface area (Å²) in [4.78, 5) is 4.70. The normalized spacial score (nSPS) is 22.5. The summed E-state index contributed by atoms with van der Waals surface area (Å²) in [6.07, 6.45) is 4.77. The van der Waals surface area contributed by atoms with Crippen LogP contribution < -0.4 is 10.6 Å². The summed E-state index contributed by atoms with van der Waals surface area (Å²) < 4.78 is 0. The van der Waals surface area contributed by atoms with Crippen LogP contribution in [0.1, 0.15) is 30.5 Å². The summed E-state index contributed by atoms with van der Waals surface area (Å²) in [5.74, 6) is 0. The number of hydrogen-bond acceptors (Lipinski definition) is 4. The third-order valence-electron chi connectivity index (χ3n) is 3.19. The monoisotopic (exact) mass is 239 g/mol. The minimum absolute atomic E-state index is 0.513. The Morgan fingerprint density at radius 2 is 2.56 bits per heavy atom. The molecular formula is C12H21N3S. The molecule has 1 aliphatic rings. The molecular weight excluding hydrogens is 218 g/mol. The molecule has 2 heterocycles. The van der Waals surface area contributed by atoms with Crippen LogP contribution >= 0.6 is 11.3 Å². The van der Waals surface area contributed by atoms with E-state index in [2.05, 4.69) is 22.9 Å². The molecule has 0 amide bonds. The molecule has 4 heteroatoms. The van der Waals surface area contributed by atoms with Gasteiger partial charge in [0.05, 0.1) is 10.7 Å². The van der Waals surface area contributed by atoms with Gasteiger partial charge in [0, 0.05) is 30.3 Å². The van der Waals surface area contributed by atoms with Gasteiger partial charge in [0.1, 0.15) is 0 Å². The molecule has 90 valence electrons. The lowest BCUT2D eigenvalue weighted by molar-refractivity contribution is 0.589. The Kier molecular flexibility index (Phi) is 4.32. The van der Waals surface area contributed by atoms with E-state index in [1.165, 1.54) is 30.1 Å². The van der Waals surface area contributed by atoms with E-state index in [-0.39, 0.29) is 0 Å². The average Bonchev–Trinajstić information content (AvgIpc) is 2.91. The van der Waals surface area contributed by atoms with Crippen LogP contribution in [0.3, 0.4) is 0 Å². The predicted octanol–water partition coefficient (Wildman–Crippen LogP) is 1.59. The van der Waals surface area contributed by atoms with Gasteiger partial charge < -0.3 is 10.6 Å². The zero-order chi connectivity index (χ0) is 11.4. The van der Waals surface area contributed by atoms with Crippen molar-refractivity contribution in [2.24, 2.45) is 0 Å². The Morgan fingerprint density at radius 1 is 1.69 bits per heavy atom. The number of thiazole rings is 1. The summed E-state index contributed by atoms with van der Waals surface area (Å²) in [6, 6.07) is 1.18. The highest BCUT2D eigenvalue weighted by atomic mass is 32.1. The molecule has 1 aliphatic heterocycles. The molecule has 0 aromatic carbocycles. The maximum atomic E-state index is 4.70. The molecule has 2 unspecified atom stereocenters. The third kappa shape index (κ3) is 3.27. The summed E-state index contributed by atoms with van der Waals surface area (Å²) in [7, 11) is 2.00. The van der Waals surface area contributed by atoms with Gasteiger partial charge in [0.25, 0.3) is 0 Å². The van der Waals surface area contributed by atoms with E-state index < -0.39 is 0 Å². The van der Waals surface area contributed by atoms with Crippen LogP contribution in [-0.4, -0.2) is 30.7 Å². The minimum Gasteiger partial charge on any atom is -0.317 e. The molecule has 3 nitrogen and oxygen atoms in total. The van der Waals surface area contributed by atoms with Crippen LogP contribution in [0.5, 0.6) is 0 Å². The van der Waals surface area contributed by atoms with Crippen molar-refractivity contribution in [3.8, 4) is 0 Å². The standard InChI is InChI=1S/C12H21N3S/c1-9(13-2)6-11-8-16-12(15-11)7-10-4-3-5-14-10/h8-10,13-14H,3-7H2,1-2H3. The smallest absolute Gasteiger partial charge is 0.0943 e. The molecule has 2 N–H and O–H groups in total. The highest BCUT2D eigenvalue weighted by Gasteiger charge is 2.16. The Balaban J connectivity index is 1.86. The second-order valence-corrected chi connectivity index (χ2v) is 5.57. The van der Waals surface area contributed by atoms with Crippen LogP contribution in [0, 0.1) is 0 Å². The lowest BCUT2D eigenvalue weighted by Gasteiger charge is -2.07. The molecule has 0 spiro atoms. The number of rotatable bonds is 5. The van der Waals surface area contributed by atoms with Crippen molar-refractivity contribution < 1.29 is 0 Å². The van der Waals surface area contributed by atoms with Crippen LogP contribution in [0.25, 0.3) is 0 Å². The van der Waals surface area contributed by atoms with Gasteiger partial charge in [-0.1, -0.05) is 0 Å². The van der Waals surface area contributed by atoms with E-state index in [9.17, 15) is 0 Å². The summed E-state index contributed by atoms with van der Waals surface area (Å²) in [5.41, 5.74) is 1.24. The predicted molar refractivity (Wildman–Crippen MR) is 69.1 cm³/mol. The first-order chi connectivity index (χ1) is 7.78. The van der Waals surface area contributed by atoms with Crippen molar-refractivity contribution in [2.45, 2.75) is 44.7 Å². The fourth-order valence-electron chi connectivity index (χ4n) is 2.09. The molecule has 2 atom stereocenters.